The number of rotatable bonds is 5. The van der Waals surface area contributed by atoms with E-state index < -0.39 is 0 Å². The molecule has 4 heterocycles. The summed E-state index contributed by atoms with van der Waals surface area (Å²) in [6.45, 7) is 1.77. The molecule has 1 aromatic carbocycles. The summed E-state index contributed by atoms with van der Waals surface area (Å²) in [6.07, 6.45) is 3.75. The molecule has 1 aliphatic heterocycles. The van der Waals surface area contributed by atoms with Gasteiger partial charge in [0.15, 0.2) is 11.4 Å². The third kappa shape index (κ3) is 3.41. The Balaban J connectivity index is 1.50. The maximum absolute atomic E-state index is 12.7. The minimum absolute atomic E-state index is 0.0727. The number of Topliss-reactive ketones (excluding diaryl/α,β-unsaturated/α-hetero) is 1. The van der Waals surface area contributed by atoms with Gasteiger partial charge in [-0.25, -0.2) is 14.6 Å². The van der Waals surface area contributed by atoms with Gasteiger partial charge < -0.3 is 9.64 Å². The summed E-state index contributed by atoms with van der Waals surface area (Å²) in [5.41, 5.74) is 1.69. The Bertz CT molecular complexity index is 1130. The largest absolute Gasteiger partial charge is 0.377 e. The molecule has 29 heavy (non-hydrogen) atoms. The van der Waals surface area contributed by atoms with Crippen molar-refractivity contribution in [1.29, 1.82) is 0 Å². The van der Waals surface area contributed by atoms with Gasteiger partial charge in [-0.15, -0.1) is 11.3 Å². The van der Waals surface area contributed by atoms with Crippen molar-refractivity contribution in [2.75, 3.05) is 24.7 Å². The van der Waals surface area contributed by atoms with Crippen molar-refractivity contribution >= 4 is 34.0 Å². The molecule has 1 fully saturated rings. The number of carbonyl (C=O) groups is 1. The molecule has 1 saturated heterocycles. The van der Waals surface area contributed by atoms with E-state index in [2.05, 4.69) is 20.0 Å². The first-order chi connectivity index (χ1) is 14.3. The Morgan fingerprint density at radius 2 is 2.07 bits per heavy atom. The maximum atomic E-state index is 12.7. The van der Waals surface area contributed by atoms with E-state index in [4.69, 9.17) is 4.74 Å². The number of ether oxygens (including phenoxy) is 1. The Kier molecular flexibility index (Phi) is 4.79. The molecule has 0 unspecified atom stereocenters. The van der Waals surface area contributed by atoms with Crippen LogP contribution in [0.1, 0.15) is 16.1 Å². The predicted octanol–water partition coefficient (Wildman–Crippen LogP) is 3.36. The Hall–Kier alpha value is -3.10. The number of morpholine rings is 1. The number of anilines is 1. The molecule has 1 atom stereocenters. The molecule has 0 saturated carbocycles. The van der Waals surface area contributed by atoms with E-state index in [1.165, 1.54) is 11.3 Å². The summed E-state index contributed by atoms with van der Waals surface area (Å²) in [6, 6.07) is 13.6. The highest BCUT2D eigenvalue weighted by atomic mass is 32.1. The second-order valence-corrected chi connectivity index (χ2v) is 7.80. The van der Waals surface area contributed by atoms with Crippen molar-refractivity contribution in [2.45, 2.75) is 12.5 Å². The maximum Gasteiger partial charge on any atom is 0.174 e. The number of thiophene rings is 1. The SMILES string of the molecule is O=C(C[C@@H]1COCCN1c1ncnc2c1cnn2-c1ccccc1)c1cccs1. The summed E-state index contributed by atoms with van der Waals surface area (Å²) >= 11 is 1.47. The Morgan fingerprint density at radius 3 is 2.90 bits per heavy atom. The predicted molar refractivity (Wildman–Crippen MR) is 112 cm³/mol. The van der Waals surface area contributed by atoms with Gasteiger partial charge in [0.2, 0.25) is 0 Å². The molecule has 0 bridgehead atoms. The molecule has 0 radical (unpaired) electrons. The van der Waals surface area contributed by atoms with Gasteiger partial charge in [0, 0.05) is 13.0 Å². The van der Waals surface area contributed by atoms with Gasteiger partial charge in [-0.1, -0.05) is 24.3 Å². The van der Waals surface area contributed by atoms with Gasteiger partial charge in [-0.3, -0.25) is 4.79 Å². The lowest BCUT2D eigenvalue weighted by Crippen LogP contribution is -2.47. The molecule has 1 aliphatic rings. The number of hydrogen-bond acceptors (Lipinski definition) is 7. The minimum Gasteiger partial charge on any atom is -0.377 e. The zero-order chi connectivity index (χ0) is 19.6. The number of benzene rings is 1. The highest BCUT2D eigenvalue weighted by molar-refractivity contribution is 7.12. The number of ketones is 1. The van der Waals surface area contributed by atoms with Crippen molar-refractivity contribution in [3.05, 3.63) is 65.2 Å². The first-order valence-corrected chi connectivity index (χ1v) is 10.3. The zero-order valence-electron chi connectivity index (χ0n) is 15.6. The van der Waals surface area contributed by atoms with Gasteiger partial charge in [0.1, 0.15) is 12.1 Å². The number of para-hydroxylation sites is 1. The quantitative estimate of drug-likeness (QED) is 0.474. The third-order valence-corrected chi connectivity index (χ3v) is 5.97. The van der Waals surface area contributed by atoms with Crippen LogP contribution in [0.25, 0.3) is 16.7 Å². The molecule has 5 rings (SSSR count). The lowest BCUT2D eigenvalue weighted by atomic mass is 10.1. The van der Waals surface area contributed by atoms with Crippen molar-refractivity contribution in [3.63, 3.8) is 0 Å². The van der Waals surface area contributed by atoms with Crippen molar-refractivity contribution in [2.24, 2.45) is 0 Å². The molecule has 0 N–H and O–H groups in total. The molecule has 0 aliphatic carbocycles. The van der Waals surface area contributed by atoms with Crippen LogP contribution in [0.15, 0.2) is 60.4 Å². The topological polar surface area (TPSA) is 73.1 Å². The summed E-state index contributed by atoms with van der Waals surface area (Å²) in [5, 5.41) is 7.33. The van der Waals surface area contributed by atoms with Crippen LogP contribution >= 0.6 is 11.3 Å². The monoisotopic (exact) mass is 405 g/mol. The summed E-state index contributed by atoms with van der Waals surface area (Å²) in [5.74, 6) is 0.926. The number of aromatic nitrogens is 4. The fourth-order valence-electron chi connectivity index (χ4n) is 3.67. The van der Waals surface area contributed by atoms with Crippen LogP contribution in [-0.2, 0) is 4.74 Å². The van der Waals surface area contributed by atoms with Crippen LogP contribution in [0, 0.1) is 0 Å². The number of hydrogen-bond donors (Lipinski definition) is 0. The molecular weight excluding hydrogens is 386 g/mol. The lowest BCUT2D eigenvalue weighted by molar-refractivity contribution is 0.0793. The first kappa shape index (κ1) is 18.0. The minimum atomic E-state index is -0.0727. The lowest BCUT2D eigenvalue weighted by Gasteiger charge is -2.36. The first-order valence-electron chi connectivity index (χ1n) is 9.46. The van der Waals surface area contributed by atoms with E-state index in [9.17, 15) is 4.79 Å². The van der Waals surface area contributed by atoms with E-state index in [-0.39, 0.29) is 11.8 Å². The molecule has 3 aromatic heterocycles. The van der Waals surface area contributed by atoms with Gasteiger partial charge in [-0.2, -0.15) is 5.10 Å². The van der Waals surface area contributed by atoms with E-state index in [1.54, 1.807) is 12.5 Å². The number of nitrogens with zero attached hydrogens (tertiary/aromatic N) is 5. The second-order valence-electron chi connectivity index (χ2n) is 6.85. The zero-order valence-corrected chi connectivity index (χ0v) is 16.5. The van der Waals surface area contributed by atoms with Gasteiger partial charge in [-0.05, 0) is 23.6 Å². The van der Waals surface area contributed by atoms with E-state index in [1.807, 2.05) is 52.5 Å². The second kappa shape index (κ2) is 7.73. The molecule has 0 amide bonds. The molecule has 0 spiro atoms. The number of fused-ring (bicyclic) bond motifs is 1. The van der Waals surface area contributed by atoms with Crippen molar-refractivity contribution in [3.8, 4) is 5.69 Å². The van der Waals surface area contributed by atoms with E-state index in [0.717, 1.165) is 27.4 Å². The van der Waals surface area contributed by atoms with Crippen LogP contribution < -0.4 is 4.90 Å². The smallest absolute Gasteiger partial charge is 0.174 e. The van der Waals surface area contributed by atoms with Crippen molar-refractivity contribution < 1.29 is 9.53 Å². The van der Waals surface area contributed by atoms with Crippen LogP contribution in [0.2, 0.25) is 0 Å². The molecule has 8 heteroatoms. The standard InChI is InChI=1S/C21H19N5O2S/c27-18(19-7-4-10-29-19)11-16-13-28-9-8-25(16)20-17-12-24-26(21(17)23-14-22-20)15-5-2-1-3-6-15/h1-7,10,12,14,16H,8-9,11,13H2/t16-/m1/s1. The van der Waals surface area contributed by atoms with E-state index >= 15 is 0 Å². The summed E-state index contributed by atoms with van der Waals surface area (Å²) < 4.78 is 7.50. The van der Waals surface area contributed by atoms with Gasteiger partial charge in [0.05, 0.1) is 41.4 Å². The van der Waals surface area contributed by atoms with Crippen LogP contribution in [0.4, 0.5) is 5.82 Å². The molecule has 146 valence electrons. The average Bonchev–Trinajstić information content (AvgIpc) is 3.45. The van der Waals surface area contributed by atoms with Gasteiger partial charge >= 0.3 is 0 Å². The highest BCUT2D eigenvalue weighted by Gasteiger charge is 2.29. The molecule has 4 aromatic rings. The van der Waals surface area contributed by atoms with Crippen LogP contribution in [0.5, 0.6) is 0 Å². The Morgan fingerprint density at radius 1 is 1.17 bits per heavy atom. The number of carbonyl (C=O) groups excluding carboxylic acids is 1. The summed E-state index contributed by atoms with van der Waals surface area (Å²) in [7, 11) is 0. The van der Waals surface area contributed by atoms with Gasteiger partial charge in [0.25, 0.3) is 0 Å². The Labute approximate surface area is 171 Å². The average molecular weight is 405 g/mol. The normalized spacial score (nSPS) is 17.0. The highest BCUT2D eigenvalue weighted by Crippen LogP contribution is 2.28. The fraction of sp³-hybridized carbons (Fsp3) is 0.238. The van der Waals surface area contributed by atoms with E-state index in [0.29, 0.717) is 26.2 Å². The third-order valence-electron chi connectivity index (χ3n) is 5.06. The molecule has 7 nitrogen and oxygen atoms in total. The van der Waals surface area contributed by atoms with Crippen molar-refractivity contribution in [1.82, 2.24) is 19.7 Å². The van der Waals surface area contributed by atoms with Crippen LogP contribution in [-0.4, -0.2) is 51.3 Å². The van der Waals surface area contributed by atoms with Crippen LogP contribution in [0.3, 0.4) is 0 Å². The summed E-state index contributed by atoms with van der Waals surface area (Å²) in [4.78, 5) is 24.6. The fourth-order valence-corrected chi connectivity index (χ4v) is 4.35. The molecular formula is C21H19N5O2S.